The average Bonchev–Trinajstić information content (AvgIpc) is 3.09. The van der Waals surface area contributed by atoms with Crippen LogP contribution in [0.4, 0.5) is 10.6 Å². The van der Waals surface area contributed by atoms with Gasteiger partial charge in [-0.05, 0) is 36.9 Å². The van der Waals surface area contributed by atoms with Gasteiger partial charge in [-0.25, -0.2) is 4.79 Å². The van der Waals surface area contributed by atoms with Crippen LogP contribution in [0, 0.1) is 0 Å². The van der Waals surface area contributed by atoms with E-state index in [1.165, 1.54) is 0 Å². The van der Waals surface area contributed by atoms with Crippen LogP contribution in [0.2, 0.25) is 10.3 Å². The molecule has 1 fully saturated rings. The van der Waals surface area contributed by atoms with Crippen LogP contribution >= 0.6 is 23.2 Å². The number of carbonyl (C=O) groups is 1. The van der Waals surface area contributed by atoms with Gasteiger partial charge in [0.15, 0.2) is 0 Å². The molecule has 2 atom stereocenters. The van der Waals surface area contributed by atoms with Gasteiger partial charge in [0.25, 0.3) is 0 Å². The highest BCUT2D eigenvalue weighted by Gasteiger charge is 2.30. The molecule has 1 aromatic carbocycles. The minimum Gasteiger partial charge on any atom is -0.445 e. The molecular formula is C20H21Cl2N5O2. The van der Waals surface area contributed by atoms with Crippen LogP contribution in [0.25, 0.3) is 11.0 Å². The molecule has 0 saturated carbocycles. The highest BCUT2D eigenvalue weighted by atomic mass is 35.5. The molecule has 0 radical (unpaired) electrons. The number of likely N-dealkylation sites (tertiary alicyclic amines) is 1. The third kappa shape index (κ3) is 4.41. The Morgan fingerprint density at radius 1 is 1.28 bits per heavy atom. The molecule has 9 heteroatoms. The number of nitrogens with zero attached hydrogens (tertiary/aromatic N) is 3. The zero-order chi connectivity index (χ0) is 20.4. The van der Waals surface area contributed by atoms with Crippen LogP contribution in [-0.2, 0) is 11.3 Å². The third-order valence-corrected chi connectivity index (χ3v) is 5.59. The first-order chi connectivity index (χ1) is 14.0. The molecule has 29 heavy (non-hydrogen) atoms. The highest BCUT2D eigenvalue weighted by Crippen LogP contribution is 2.30. The molecule has 0 aliphatic carbocycles. The number of hydrogen-bond acceptors (Lipinski definition) is 5. The maximum Gasteiger partial charge on any atom is 0.410 e. The van der Waals surface area contributed by atoms with Gasteiger partial charge in [0.05, 0.1) is 10.4 Å². The summed E-state index contributed by atoms with van der Waals surface area (Å²) in [5, 5.41) is 4.71. The minimum absolute atomic E-state index is 0.00407. The first-order valence-corrected chi connectivity index (χ1v) is 10.2. The second-order valence-corrected chi connectivity index (χ2v) is 7.91. The zero-order valence-corrected chi connectivity index (χ0v) is 17.4. The number of ether oxygens (including phenoxy) is 1. The summed E-state index contributed by atoms with van der Waals surface area (Å²) in [4.78, 5) is 25.8. The molecule has 152 valence electrons. The first kappa shape index (κ1) is 19.8. The van der Waals surface area contributed by atoms with E-state index >= 15 is 0 Å². The topological polar surface area (TPSA) is 83.1 Å². The van der Waals surface area contributed by atoms with E-state index in [1.54, 1.807) is 11.1 Å². The van der Waals surface area contributed by atoms with Crippen molar-refractivity contribution < 1.29 is 9.53 Å². The van der Waals surface area contributed by atoms with E-state index in [0.29, 0.717) is 28.4 Å². The Bertz CT molecular complexity index is 1010. The fourth-order valence-electron chi connectivity index (χ4n) is 3.55. The van der Waals surface area contributed by atoms with Gasteiger partial charge in [0.1, 0.15) is 18.1 Å². The van der Waals surface area contributed by atoms with E-state index in [-0.39, 0.29) is 30.1 Å². The fourth-order valence-corrected chi connectivity index (χ4v) is 3.95. The number of carbonyl (C=O) groups excluding carboxylic acids is 1. The van der Waals surface area contributed by atoms with Crippen molar-refractivity contribution in [2.75, 3.05) is 11.9 Å². The van der Waals surface area contributed by atoms with E-state index in [9.17, 15) is 4.79 Å². The van der Waals surface area contributed by atoms with Crippen molar-refractivity contribution >= 4 is 46.1 Å². The number of rotatable bonds is 4. The van der Waals surface area contributed by atoms with Gasteiger partial charge in [-0.1, -0.05) is 41.9 Å². The number of amides is 1. The maximum absolute atomic E-state index is 12.7. The summed E-state index contributed by atoms with van der Waals surface area (Å²) in [5.74, 6) is 0.559. The van der Waals surface area contributed by atoms with E-state index in [1.807, 2.05) is 37.3 Å². The van der Waals surface area contributed by atoms with Gasteiger partial charge in [-0.2, -0.15) is 9.97 Å². The van der Waals surface area contributed by atoms with Crippen LogP contribution in [-0.4, -0.2) is 44.6 Å². The fraction of sp³-hybridized carbons (Fsp3) is 0.350. The van der Waals surface area contributed by atoms with Gasteiger partial charge < -0.3 is 19.9 Å². The molecule has 1 aliphatic heterocycles. The van der Waals surface area contributed by atoms with Gasteiger partial charge in [0, 0.05) is 24.8 Å². The van der Waals surface area contributed by atoms with Crippen molar-refractivity contribution in [3.05, 3.63) is 52.4 Å². The monoisotopic (exact) mass is 433 g/mol. The van der Waals surface area contributed by atoms with Crippen LogP contribution in [0.3, 0.4) is 0 Å². The number of aromatic amines is 1. The molecule has 1 aliphatic rings. The molecule has 2 N–H and O–H groups in total. The summed E-state index contributed by atoms with van der Waals surface area (Å²) >= 11 is 12.3. The summed E-state index contributed by atoms with van der Waals surface area (Å²) < 4.78 is 5.52. The third-order valence-electron chi connectivity index (χ3n) is 5.12. The number of piperidine rings is 1. The van der Waals surface area contributed by atoms with Crippen molar-refractivity contribution in [2.24, 2.45) is 0 Å². The molecule has 4 rings (SSSR count). The zero-order valence-electron chi connectivity index (χ0n) is 15.9. The average molecular weight is 434 g/mol. The molecule has 7 nitrogen and oxygen atoms in total. The number of benzene rings is 1. The van der Waals surface area contributed by atoms with Crippen molar-refractivity contribution in [1.29, 1.82) is 0 Å². The van der Waals surface area contributed by atoms with Crippen LogP contribution in [0.15, 0.2) is 36.5 Å². The molecule has 0 spiro atoms. The summed E-state index contributed by atoms with van der Waals surface area (Å²) in [6, 6.07) is 9.74. The second-order valence-electron chi connectivity index (χ2n) is 7.16. The number of halogens is 2. The Balaban J connectivity index is 1.45. The Morgan fingerprint density at radius 3 is 2.86 bits per heavy atom. The molecule has 1 amide bonds. The summed E-state index contributed by atoms with van der Waals surface area (Å²) in [6.07, 6.45) is 3.06. The molecular weight excluding hydrogens is 413 g/mol. The van der Waals surface area contributed by atoms with Crippen LogP contribution in [0.1, 0.15) is 25.3 Å². The molecule has 0 unspecified atom stereocenters. The first-order valence-electron chi connectivity index (χ1n) is 9.45. The number of nitrogens with one attached hydrogen (secondary N) is 2. The number of hydrogen-bond donors (Lipinski definition) is 2. The lowest BCUT2D eigenvalue weighted by atomic mass is 10.00. The Morgan fingerprint density at radius 2 is 2.07 bits per heavy atom. The van der Waals surface area contributed by atoms with E-state index in [2.05, 4.69) is 20.3 Å². The molecule has 2 aromatic heterocycles. The second kappa shape index (κ2) is 8.47. The number of aromatic nitrogens is 3. The van der Waals surface area contributed by atoms with Gasteiger partial charge in [-0.3, -0.25) is 0 Å². The number of anilines is 1. The molecule has 1 saturated heterocycles. The van der Waals surface area contributed by atoms with E-state index < -0.39 is 0 Å². The van der Waals surface area contributed by atoms with Crippen molar-refractivity contribution in [2.45, 2.75) is 38.5 Å². The summed E-state index contributed by atoms with van der Waals surface area (Å²) in [6.45, 7) is 2.78. The number of H-pyrrole nitrogens is 1. The molecule has 3 aromatic rings. The van der Waals surface area contributed by atoms with Crippen molar-refractivity contribution in [3.8, 4) is 0 Å². The largest absolute Gasteiger partial charge is 0.445 e. The Labute approximate surface area is 178 Å². The maximum atomic E-state index is 12.7. The predicted octanol–water partition coefficient (Wildman–Crippen LogP) is 4.87. The quantitative estimate of drug-likeness (QED) is 0.573. The van der Waals surface area contributed by atoms with Gasteiger partial charge >= 0.3 is 6.09 Å². The van der Waals surface area contributed by atoms with Crippen molar-refractivity contribution in [3.63, 3.8) is 0 Å². The lowest BCUT2D eigenvalue weighted by Gasteiger charge is -2.37. The molecule has 0 bridgehead atoms. The van der Waals surface area contributed by atoms with Crippen molar-refractivity contribution in [1.82, 2.24) is 19.9 Å². The lowest BCUT2D eigenvalue weighted by Crippen LogP contribution is -2.49. The predicted molar refractivity (Wildman–Crippen MR) is 113 cm³/mol. The van der Waals surface area contributed by atoms with E-state index in [0.717, 1.165) is 18.4 Å². The lowest BCUT2D eigenvalue weighted by molar-refractivity contribution is 0.0696. The minimum atomic E-state index is -0.321. The smallest absolute Gasteiger partial charge is 0.410 e. The van der Waals surface area contributed by atoms with Crippen LogP contribution < -0.4 is 5.32 Å². The Hall–Kier alpha value is -2.51. The normalized spacial score (nSPS) is 19.3. The highest BCUT2D eigenvalue weighted by molar-refractivity contribution is 6.36. The summed E-state index contributed by atoms with van der Waals surface area (Å²) in [7, 11) is 0. The summed E-state index contributed by atoms with van der Waals surface area (Å²) in [5.41, 5.74) is 1.53. The Kier molecular flexibility index (Phi) is 5.78. The van der Waals surface area contributed by atoms with Crippen LogP contribution in [0.5, 0.6) is 0 Å². The SMILES string of the molecule is C[C@H]1CC[C@@H](Nc2nc(Cl)nc3[nH]cc(Cl)c23)CN1C(=O)OCc1ccccc1. The number of fused-ring (bicyclic) bond motifs is 1. The van der Waals surface area contributed by atoms with E-state index in [4.69, 9.17) is 27.9 Å². The van der Waals surface area contributed by atoms with Gasteiger partial charge in [-0.15, -0.1) is 0 Å². The molecule has 3 heterocycles. The standard InChI is InChI=1S/C20H21Cl2N5O2/c1-12-7-8-14(10-27(12)20(28)29-11-13-5-3-2-4-6-13)24-18-16-15(21)9-23-17(16)25-19(22)26-18/h2-6,9,12,14H,7-8,10-11H2,1H3,(H2,23,24,25,26)/t12-,14+/m0/s1. The van der Waals surface area contributed by atoms with Gasteiger partial charge in [0.2, 0.25) is 5.28 Å².